The van der Waals surface area contributed by atoms with Gasteiger partial charge in [-0.25, -0.2) is 0 Å². The van der Waals surface area contributed by atoms with Crippen LogP contribution < -0.4 is 0 Å². The lowest BCUT2D eigenvalue weighted by Crippen LogP contribution is -2.13. The zero-order valence-electron chi connectivity index (χ0n) is 8.82. The molecule has 0 radical (unpaired) electrons. The van der Waals surface area contributed by atoms with Gasteiger partial charge >= 0.3 is 0 Å². The Morgan fingerprint density at radius 3 is 3.00 bits per heavy atom. The van der Waals surface area contributed by atoms with Crippen molar-refractivity contribution in [3.05, 3.63) is 35.4 Å². The smallest absolute Gasteiger partial charge is 0.158 e. The molecule has 15 heavy (non-hydrogen) atoms. The Balaban J connectivity index is 1.73. The van der Waals surface area contributed by atoms with Gasteiger partial charge in [-0.15, -0.1) is 0 Å². The summed E-state index contributed by atoms with van der Waals surface area (Å²) in [6.07, 6.45) is 4.76. The minimum atomic E-state index is 0.0427. The Kier molecular flexibility index (Phi) is 2.47. The summed E-state index contributed by atoms with van der Waals surface area (Å²) in [7, 11) is 0. The van der Waals surface area contributed by atoms with Crippen molar-refractivity contribution in [2.75, 3.05) is 6.61 Å². The molecule has 1 heterocycles. The summed E-state index contributed by atoms with van der Waals surface area (Å²) in [6, 6.07) is 8.58. The second-order valence-electron chi connectivity index (χ2n) is 4.30. The van der Waals surface area contributed by atoms with Crippen LogP contribution in [-0.4, -0.2) is 12.9 Å². The second kappa shape index (κ2) is 3.95. The maximum atomic E-state index is 5.98. The summed E-state index contributed by atoms with van der Waals surface area (Å²) in [4.78, 5) is 0. The van der Waals surface area contributed by atoms with Gasteiger partial charge in [0.1, 0.15) is 0 Å². The van der Waals surface area contributed by atoms with Gasteiger partial charge in [0.15, 0.2) is 6.29 Å². The Morgan fingerprint density at radius 2 is 2.13 bits per heavy atom. The summed E-state index contributed by atoms with van der Waals surface area (Å²) in [5.41, 5.74) is 2.81. The van der Waals surface area contributed by atoms with E-state index in [9.17, 15) is 0 Å². The van der Waals surface area contributed by atoms with E-state index in [0.717, 1.165) is 32.3 Å². The molecule has 1 saturated heterocycles. The molecule has 0 N–H and O–H groups in total. The van der Waals surface area contributed by atoms with Crippen molar-refractivity contribution in [1.29, 1.82) is 0 Å². The highest BCUT2D eigenvalue weighted by molar-refractivity contribution is 5.33. The van der Waals surface area contributed by atoms with Gasteiger partial charge in [0.2, 0.25) is 0 Å². The van der Waals surface area contributed by atoms with Crippen molar-refractivity contribution in [2.24, 2.45) is 0 Å². The molecule has 1 fully saturated rings. The predicted molar refractivity (Wildman–Crippen MR) is 57.6 cm³/mol. The molecule has 1 aromatic rings. The first kappa shape index (κ1) is 9.37. The molecule has 80 valence electrons. The van der Waals surface area contributed by atoms with Gasteiger partial charge in [0.05, 0.1) is 6.10 Å². The summed E-state index contributed by atoms with van der Waals surface area (Å²) in [6.45, 7) is 0.860. The van der Waals surface area contributed by atoms with Crippen LogP contribution in [0.3, 0.4) is 0 Å². The normalized spacial score (nSPS) is 29.3. The highest BCUT2D eigenvalue weighted by Gasteiger charge is 2.27. The van der Waals surface area contributed by atoms with E-state index in [4.69, 9.17) is 9.47 Å². The molecule has 1 aliphatic heterocycles. The van der Waals surface area contributed by atoms with Crippen LogP contribution in [-0.2, 0) is 15.9 Å². The van der Waals surface area contributed by atoms with Crippen molar-refractivity contribution in [3.63, 3.8) is 0 Å². The second-order valence-corrected chi connectivity index (χ2v) is 4.30. The zero-order valence-corrected chi connectivity index (χ0v) is 8.82. The number of hydrogen-bond donors (Lipinski definition) is 0. The molecule has 0 bridgehead atoms. The van der Waals surface area contributed by atoms with E-state index < -0.39 is 0 Å². The molecule has 2 aliphatic rings. The standard InChI is InChI=1S/C13H16O2/c1-2-5-11-10(4-1)7-8-12(11)15-13-6-3-9-14-13/h1-2,4-5,12-13H,3,6-9H2/t12-,13?/m1/s1. The number of aryl methyl sites for hydroxylation is 1. The molecular formula is C13H16O2. The van der Waals surface area contributed by atoms with E-state index in [1.54, 1.807) is 0 Å². The maximum Gasteiger partial charge on any atom is 0.158 e. The molecule has 1 unspecified atom stereocenters. The van der Waals surface area contributed by atoms with E-state index in [0.29, 0.717) is 0 Å². The number of rotatable bonds is 2. The lowest BCUT2D eigenvalue weighted by Gasteiger charge is -2.18. The first-order valence-corrected chi connectivity index (χ1v) is 5.78. The fourth-order valence-electron chi connectivity index (χ4n) is 2.50. The Morgan fingerprint density at radius 1 is 1.20 bits per heavy atom. The van der Waals surface area contributed by atoms with Gasteiger partial charge in [-0.2, -0.15) is 0 Å². The molecule has 2 nitrogen and oxygen atoms in total. The largest absolute Gasteiger partial charge is 0.353 e. The number of hydrogen-bond acceptors (Lipinski definition) is 2. The molecule has 0 aromatic heterocycles. The molecule has 1 aliphatic carbocycles. The summed E-state index contributed by atoms with van der Waals surface area (Å²) >= 11 is 0. The predicted octanol–water partition coefficient (Wildman–Crippen LogP) is 2.83. The van der Waals surface area contributed by atoms with Crippen LogP contribution in [0.2, 0.25) is 0 Å². The Hall–Kier alpha value is -0.860. The van der Waals surface area contributed by atoms with Crippen molar-refractivity contribution < 1.29 is 9.47 Å². The highest BCUT2D eigenvalue weighted by Crippen LogP contribution is 2.35. The van der Waals surface area contributed by atoms with Gasteiger partial charge in [0, 0.05) is 13.0 Å². The molecule has 2 atom stereocenters. The SMILES string of the molecule is c1ccc2c(c1)CC[C@H]2OC1CCCO1. The molecule has 3 rings (SSSR count). The van der Waals surface area contributed by atoms with Gasteiger partial charge in [-0.1, -0.05) is 24.3 Å². The lowest BCUT2D eigenvalue weighted by atomic mass is 10.1. The van der Waals surface area contributed by atoms with E-state index in [1.807, 2.05) is 0 Å². The van der Waals surface area contributed by atoms with Crippen LogP contribution in [0.4, 0.5) is 0 Å². The van der Waals surface area contributed by atoms with E-state index in [2.05, 4.69) is 24.3 Å². The van der Waals surface area contributed by atoms with Crippen LogP contribution in [0, 0.1) is 0 Å². The fourth-order valence-corrected chi connectivity index (χ4v) is 2.50. The molecule has 1 aromatic carbocycles. The third-order valence-electron chi connectivity index (χ3n) is 3.28. The van der Waals surface area contributed by atoms with E-state index >= 15 is 0 Å². The Bertz CT molecular complexity index is 342. The lowest BCUT2D eigenvalue weighted by molar-refractivity contribution is -0.145. The third-order valence-corrected chi connectivity index (χ3v) is 3.28. The van der Waals surface area contributed by atoms with Crippen LogP contribution in [0.25, 0.3) is 0 Å². The average Bonchev–Trinajstić information content (AvgIpc) is 2.89. The molecule has 2 heteroatoms. The first-order valence-electron chi connectivity index (χ1n) is 5.78. The van der Waals surface area contributed by atoms with E-state index in [-0.39, 0.29) is 12.4 Å². The molecule has 0 saturated carbocycles. The zero-order chi connectivity index (χ0) is 10.1. The minimum absolute atomic E-state index is 0.0427. The monoisotopic (exact) mass is 204 g/mol. The molecule has 0 spiro atoms. The van der Waals surface area contributed by atoms with Crippen LogP contribution >= 0.6 is 0 Å². The number of ether oxygens (including phenoxy) is 2. The van der Waals surface area contributed by atoms with Crippen LogP contribution in [0.5, 0.6) is 0 Å². The molecule has 0 amide bonds. The average molecular weight is 204 g/mol. The van der Waals surface area contributed by atoms with Crippen molar-refractivity contribution in [1.82, 2.24) is 0 Å². The third kappa shape index (κ3) is 1.80. The van der Waals surface area contributed by atoms with Gasteiger partial charge < -0.3 is 9.47 Å². The van der Waals surface area contributed by atoms with Gasteiger partial charge in [-0.05, 0) is 30.4 Å². The molecular weight excluding hydrogens is 188 g/mol. The summed E-state index contributed by atoms with van der Waals surface area (Å²) < 4.78 is 11.5. The van der Waals surface area contributed by atoms with Crippen LogP contribution in [0.1, 0.15) is 36.5 Å². The van der Waals surface area contributed by atoms with Crippen molar-refractivity contribution >= 4 is 0 Å². The highest BCUT2D eigenvalue weighted by atomic mass is 16.7. The maximum absolute atomic E-state index is 5.98. The minimum Gasteiger partial charge on any atom is -0.353 e. The first-order chi connectivity index (χ1) is 7.43. The van der Waals surface area contributed by atoms with Gasteiger partial charge in [0.25, 0.3) is 0 Å². The number of fused-ring (bicyclic) bond motifs is 1. The Labute approximate surface area is 90.2 Å². The van der Waals surface area contributed by atoms with Gasteiger partial charge in [-0.3, -0.25) is 0 Å². The van der Waals surface area contributed by atoms with E-state index in [1.165, 1.54) is 11.1 Å². The quantitative estimate of drug-likeness (QED) is 0.737. The summed E-state index contributed by atoms with van der Waals surface area (Å²) in [5, 5.41) is 0. The van der Waals surface area contributed by atoms with Crippen molar-refractivity contribution in [3.8, 4) is 0 Å². The van der Waals surface area contributed by atoms with Crippen LogP contribution in [0.15, 0.2) is 24.3 Å². The fraction of sp³-hybridized carbons (Fsp3) is 0.538. The van der Waals surface area contributed by atoms with Crippen molar-refractivity contribution in [2.45, 2.75) is 38.1 Å². The number of benzene rings is 1. The summed E-state index contributed by atoms with van der Waals surface area (Å²) in [5.74, 6) is 0. The topological polar surface area (TPSA) is 18.5 Å².